The maximum Gasteiger partial charge on any atom is 0.185 e. The molecule has 5 nitrogen and oxygen atoms in total. The molecule has 0 amide bonds. The van der Waals surface area contributed by atoms with Gasteiger partial charge < -0.3 is 9.47 Å². The maximum absolute atomic E-state index is 12.3. The molecule has 6 heteroatoms. The van der Waals surface area contributed by atoms with Crippen LogP contribution in [-0.4, -0.2) is 33.7 Å². The van der Waals surface area contributed by atoms with Crippen molar-refractivity contribution in [1.82, 2.24) is 0 Å². The Morgan fingerprint density at radius 2 is 1.73 bits per heavy atom. The highest BCUT2D eigenvalue weighted by molar-refractivity contribution is 7.90. The summed E-state index contributed by atoms with van der Waals surface area (Å²) in [4.78, 5) is 12.4. The van der Waals surface area contributed by atoms with E-state index in [1.807, 2.05) is 38.1 Å². The molecular weight excluding hydrogens is 352 g/mol. The van der Waals surface area contributed by atoms with Crippen molar-refractivity contribution in [2.75, 3.05) is 13.4 Å². The minimum absolute atomic E-state index is 0.0567. The lowest BCUT2D eigenvalue weighted by Crippen LogP contribution is -2.05. The zero-order chi connectivity index (χ0) is 19.3. The lowest BCUT2D eigenvalue weighted by molar-refractivity contribution is 0.104. The molecule has 0 bridgehead atoms. The maximum atomic E-state index is 12.3. The molecule has 0 heterocycles. The largest absolute Gasteiger partial charge is 0.495 e. The molecule has 0 radical (unpaired) electrons. The molecule has 26 heavy (non-hydrogen) atoms. The SMILES string of the molecule is COc1cc(C(=O)/C=C/c2ccc(OC(C)C)cc2)ccc1S(C)(=O)=O. The van der Waals surface area contributed by atoms with Gasteiger partial charge in [0.1, 0.15) is 16.4 Å². The highest BCUT2D eigenvalue weighted by Gasteiger charge is 2.16. The Bertz CT molecular complexity index is 910. The van der Waals surface area contributed by atoms with Crippen molar-refractivity contribution in [3.05, 3.63) is 59.7 Å². The minimum atomic E-state index is -3.42. The molecule has 2 rings (SSSR count). The summed E-state index contributed by atoms with van der Waals surface area (Å²) in [6, 6.07) is 11.7. The third kappa shape index (κ3) is 5.20. The van der Waals surface area contributed by atoms with Crippen molar-refractivity contribution in [2.24, 2.45) is 0 Å². The number of allylic oxidation sites excluding steroid dienone is 1. The Labute approximate surface area is 154 Å². The van der Waals surface area contributed by atoms with E-state index in [4.69, 9.17) is 9.47 Å². The molecule has 0 N–H and O–H groups in total. The minimum Gasteiger partial charge on any atom is -0.495 e. The van der Waals surface area contributed by atoms with Crippen molar-refractivity contribution in [3.63, 3.8) is 0 Å². The molecular formula is C20H22O5S. The highest BCUT2D eigenvalue weighted by Crippen LogP contribution is 2.25. The second-order valence-corrected chi connectivity index (χ2v) is 8.06. The van der Waals surface area contributed by atoms with Crippen LogP contribution in [0.5, 0.6) is 11.5 Å². The summed E-state index contributed by atoms with van der Waals surface area (Å²) in [6.07, 6.45) is 4.33. The number of methoxy groups -OCH3 is 1. The van der Waals surface area contributed by atoms with Crippen molar-refractivity contribution in [3.8, 4) is 11.5 Å². The molecule has 0 saturated heterocycles. The van der Waals surface area contributed by atoms with Crippen molar-refractivity contribution in [2.45, 2.75) is 24.8 Å². The van der Waals surface area contributed by atoms with E-state index in [0.29, 0.717) is 5.56 Å². The van der Waals surface area contributed by atoms with Gasteiger partial charge in [0, 0.05) is 11.8 Å². The number of benzene rings is 2. The summed E-state index contributed by atoms with van der Waals surface area (Å²) in [5.74, 6) is 0.678. The zero-order valence-corrected chi connectivity index (χ0v) is 16.0. The van der Waals surface area contributed by atoms with Crippen LogP contribution in [0.4, 0.5) is 0 Å². The van der Waals surface area contributed by atoms with Crippen LogP contribution in [-0.2, 0) is 9.84 Å². The Morgan fingerprint density at radius 1 is 1.08 bits per heavy atom. The molecule has 0 aromatic heterocycles. The van der Waals surface area contributed by atoms with E-state index >= 15 is 0 Å². The summed E-state index contributed by atoms with van der Waals surface area (Å²) in [7, 11) is -2.05. The number of ether oxygens (including phenoxy) is 2. The van der Waals surface area contributed by atoms with Crippen LogP contribution < -0.4 is 9.47 Å². The molecule has 0 spiro atoms. The van der Waals surface area contributed by atoms with E-state index in [2.05, 4.69) is 0 Å². The Balaban J connectivity index is 2.18. The molecule has 0 atom stereocenters. The molecule has 2 aromatic carbocycles. The zero-order valence-electron chi connectivity index (χ0n) is 15.2. The van der Waals surface area contributed by atoms with Crippen LogP contribution in [0, 0.1) is 0 Å². The Kier molecular flexibility index (Phi) is 6.21. The molecule has 0 aliphatic heterocycles. The summed E-state index contributed by atoms with van der Waals surface area (Å²) in [5.41, 5.74) is 1.21. The topological polar surface area (TPSA) is 69.7 Å². The number of carbonyl (C=O) groups is 1. The van der Waals surface area contributed by atoms with Gasteiger partial charge in [-0.2, -0.15) is 0 Å². The molecule has 0 aliphatic rings. The van der Waals surface area contributed by atoms with Crippen molar-refractivity contribution in [1.29, 1.82) is 0 Å². The quantitative estimate of drug-likeness (QED) is 0.545. The third-order valence-corrected chi connectivity index (χ3v) is 4.66. The smallest absolute Gasteiger partial charge is 0.185 e. The lowest BCUT2D eigenvalue weighted by Gasteiger charge is -2.09. The summed E-state index contributed by atoms with van der Waals surface area (Å²) < 4.78 is 34.1. The van der Waals surface area contributed by atoms with Gasteiger partial charge in [-0.25, -0.2) is 8.42 Å². The Hall–Kier alpha value is -2.60. The number of hydrogen-bond acceptors (Lipinski definition) is 5. The first-order valence-corrected chi connectivity index (χ1v) is 9.97. The number of ketones is 1. The van der Waals surface area contributed by atoms with Gasteiger partial charge in [-0.1, -0.05) is 18.2 Å². The predicted octanol–water partition coefficient (Wildman–Crippen LogP) is 3.78. The second-order valence-electron chi connectivity index (χ2n) is 6.07. The summed E-state index contributed by atoms with van der Waals surface area (Å²) >= 11 is 0. The van der Waals surface area contributed by atoms with E-state index in [-0.39, 0.29) is 22.5 Å². The average molecular weight is 374 g/mol. The average Bonchev–Trinajstić information content (AvgIpc) is 2.59. The fourth-order valence-corrected chi connectivity index (χ4v) is 3.15. The van der Waals surface area contributed by atoms with Crippen molar-refractivity contribution >= 4 is 21.7 Å². The molecule has 0 unspecified atom stereocenters. The van der Waals surface area contributed by atoms with E-state index in [1.54, 1.807) is 6.08 Å². The molecule has 0 aliphatic carbocycles. The fourth-order valence-electron chi connectivity index (χ4n) is 2.32. The standard InChI is InChI=1S/C20H22O5S/c1-14(2)25-17-9-5-15(6-10-17)7-11-18(21)16-8-12-20(26(4,22)23)19(13-16)24-3/h5-14H,1-4H3/b11-7+. The second kappa shape index (κ2) is 8.19. The number of carbonyl (C=O) groups excluding carboxylic acids is 1. The van der Waals surface area contributed by atoms with Gasteiger partial charge in [0.15, 0.2) is 15.6 Å². The normalized spacial score (nSPS) is 11.7. The predicted molar refractivity (Wildman–Crippen MR) is 102 cm³/mol. The monoisotopic (exact) mass is 374 g/mol. The first-order valence-electron chi connectivity index (χ1n) is 8.08. The van der Waals surface area contributed by atoms with Crippen LogP contribution in [0.15, 0.2) is 53.4 Å². The third-order valence-electron chi connectivity index (χ3n) is 3.53. The van der Waals surface area contributed by atoms with E-state index in [1.165, 1.54) is 31.4 Å². The Morgan fingerprint density at radius 3 is 2.27 bits per heavy atom. The van der Waals surface area contributed by atoms with Gasteiger partial charge in [-0.05, 0) is 55.8 Å². The van der Waals surface area contributed by atoms with E-state index in [0.717, 1.165) is 17.6 Å². The van der Waals surface area contributed by atoms with E-state index < -0.39 is 9.84 Å². The van der Waals surface area contributed by atoms with Crippen LogP contribution in [0.3, 0.4) is 0 Å². The van der Waals surface area contributed by atoms with Gasteiger partial charge in [0.25, 0.3) is 0 Å². The molecule has 0 saturated carbocycles. The van der Waals surface area contributed by atoms with Crippen LogP contribution in [0.25, 0.3) is 6.08 Å². The van der Waals surface area contributed by atoms with Crippen molar-refractivity contribution < 1.29 is 22.7 Å². The number of sulfone groups is 1. The fraction of sp³-hybridized carbons (Fsp3) is 0.250. The van der Waals surface area contributed by atoms with Gasteiger partial charge >= 0.3 is 0 Å². The molecule has 2 aromatic rings. The lowest BCUT2D eigenvalue weighted by atomic mass is 10.1. The van der Waals surface area contributed by atoms with Gasteiger partial charge in [-0.15, -0.1) is 0 Å². The van der Waals surface area contributed by atoms with Crippen LogP contribution in [0.2, 0.25) is 0 Å². The summed E-state index contributed by atoms with van der Waals surface area (Å²) in [6.45, 7) is 3.91. The van der Waals surface area contributed by atoms with Gasteiger partial charge in [-0.3, -0.25) is 4.79 Å². The number of rotatable bonds is 7. The van der Waals surface area contributed by atoms with Crippen LogP contribution >= 0.6 is 0 Å². The first-order chi connectivity index (χ1) is 12.2. The first kappa shape index (κ1) is 19.7. The summed E-state index contributed by atoms with van der Waals surface area (Å²) in [5, 5.41) is 0. The van der Waals surface area contributed by atoms with Gasteiger partial charge in [0.2, 0.25) is 0 Å². The van der Waals surface area contributed by atoms with Crippen LogP contribution in [0.1, 0.15) is 29.8 Å². The highest BCUT2D eigenvalue weighted by atomic mass is 32.2. The van der Waals surface area contributed by atoms with E-state index in [9.17, 15) is 13.2 Å². The molecule has 0 fully saturated rings. The molecule has 138 valence electrons. The van der Waals surface area contributed by atoms with Gasteiger partial charge in [0.05, 0.1) is 13.2 Å². The number of hydrogen-bond donors (Lipinski definition) is 0.